The van der Waals surface area contributed by atoms with Crippen LogP contribution >= 0.6 is 24.0 Å². The fourth-order valence-electron chi connectivity index (χ4n) is 3.91. The van der Waals surface area contributed by atoms with Gasteiger partial charge in [-0.2, -0.15) is 4.98 Å². The molecule has 1 atom stereocenters. The quantitative estimate of drug-likeness (QED) is 0.314. The first-order valence-corrected chi connectivity index (χ1v) is 12.7. The Morgan fingerprint density at radius 2 is 1.85 bits per heavy atom. The highest BCUT2D eigenvalue weighted by atomic mass is 32.2. The van der Waals surface area contributed by atoms with Gasteiger partial charge in [0.2, 0.25) is 5.82 Å². The minimum absolute atomic E-state index is 0.171. The van der Waals surface area contributed by atoms with Crippen LogP contribution in [-0.4, -0.2) is 39.6 Å². The number of hydrogen-bond donors (Lipinski definition) is 1. The van der Waals surface area contributed by atoms with Gasteiger partial charge in [-0.3, -0.25) is 0 Å². The zero-order valence-electron chi connectivity index (χ0n) is 19.3. The van der Waals surface area contributed by atoms with Crippen LogP contribution < -0.4 is 10.1 Å². The molecule has 1 unspecified atom stereocenters. The number of aromatic nitrogens is 2. The molecule has 0 saturated carbocycles. The molecule has 0 saturated heterocycles. The summed E-state index contributed by atoms with van der Waals surface area (Å²) < 4.78 is 11.3. The van der Waals surface area contributed by atoms with E-state index in [-0.39, 0.29) is 6.04 Å². The van der Waals surface area contributed by atoms with Crippen LogP contribution in [0.1, 0.15) is 44.7 Å². The summed E-state index contributed by atoms with van der Waals surface area (Å²) in [5.41, 5.74) is 3.94. The van der Waals surface area contributed by atoms with Gasteiger partial charge < -0.3 is 19.5 Å². The molecule has 0 spiro atoms. The van der Waals surface area contributed by atoms with E-state index in [2.05, 4.69) is 59.7 Å². The Morgan fingerprint density at radius 1 is 1.12 bits per heavy atom. The minimum atomic E-state index is -0.171. The molecule has 1 aliphatic heterocycles. The summed E-state index contributed by atoms with van der Waals surface area (Å²) >= 11 is 7.43. The van der Waals surface area contributed by atoms with Crippen molar-refractivity contribution in [2.75, 3.05) is 19.4 Å². The Balaban J connectivity index is 1.74. The van der Waals surface area contributed by atoms with Gasteiger partial charge in [-0.05, 0) is 80.7 Å². The summed E-state index contributed by atoms with van der Waals surface area (Å²) in [6.07, 6.45) is 3.04. The molecule has 33 heavy (non-hydrogen) atoms. The smallest absolute Gasteiger partial charge is 0.258 e. The van der Waals surface area contributed by atoms with Crippen LogP contribution in [0, 0.1) is 0 Å². The van der Waals surface area contributed by atoms with Crippen molar-refractivity contribution < 1.29 is 9.26 Å². The lowest BCUT2D eigenvalue weighted by atomic mass is 9.95. The SMILES string of the molecule is CCCN1C(=S)NC(c2ccc(SC)cc2)C(c2nc(-c3ccc(OCC)cc3)no2)=C1C. The zero-order chi connectivity index (χ0) is 23.4. The maximum absolute atomic E-state index is 5.80. The minimum Gasteiger partial charge on any atom is -0.494 e. The summed E-state index contributed by atoms with van der Waals surface area (Å²) in [5.74, 6) is 1.85. The van der Waals surface area contributed by atoms with Crippen molar-refractivity contribution in [1.29, 1.82) is 0 Å². The van der Waals surface area contributed by atoms with Gasteiger partial charge in [0.25, 0.3) is 5.89 Å². The van der Waals surface area contributed by atoms with Crippen LogP contribution in [0.5, 0.6) is 5.75 Å². The number of nitrogens with zero attached hydrogens (tertiary/aromatic N) is 3. The van der Waals surface area contributed by atoms with Crippen LogP contribution in [-0.2, 0) is 0 Å². The van der Waals surface area contributed by atoms with Crippen LogP contribution in [0.25, 0.3) is 17.0 Å². The Kier molecular flexibility index (Phi) is 7.35. The monoisotopic (exact) mass is 480 g/mol. The van der Waals surface area contributed by atoms with Crippen LogP contribution in [0.4, 0.5) is 0 Å². The average Bonchev–Trinajstić information content (AvgIpc) is 3.32. The van der Waals surface area contributed by atoms with E-state index in [1.807, 2.05) is 31.2 Å². The third-order valence-electron chi connectivity index (χ3n) is 5.57. The maximum Gasteiger partial charge on any atom is 0.258 e. The second-order valence-corrected chi connectivity index (χ2v) is 8.95. The van der Waals surface area contributed by atoms with Crippen molar-refractivity contribution in [3.05, 3.63) is 65.7 Å². The highest BCUT2D eigenvalue weighted by Crippen LogP contribution is 2.38. The first-order valence-electron chi connectivity index (χ1n) is 11.1. The summed E-state index contributed by atoms with van der Waals surface area (Å²) in [5, 5.41) is 8.49. The molecule has 4 rings (SSSR count). The molecule has 6 nitrogen and oxygen atoms in total. The Labute approximate surface area is 204 Å². The third-order valence-corrected chi connectivity index (χ3v) is 6.65. The standard InChI is InChI=1S/C25H28N4O2S2/c1-5-15-29-16(3)21(22(26-25(29)32)17-9-13-20(33-4)14-10-17)24-27-23(28-31-24)18-7-11-19(12-8-18)30-6-2/h7-14,22H,5-6,15H2,1-4H3,(H,26,32). The Morgan fingerprint density at radius 3 is 2.48 bits per heavy atom. The molecule has 0 aliphatic carbocycles. The van der Waals surface area contributed by atoms with Crippen LogP contribution in [0.2, 0.25) is 0 Å². The normalized spacial score (nSPS) is 16.2. The lowest BCUT2D eigenvalue weighted by Gasteiger charge is -2.37. The van der Waals surface area contributed by atoms with Crippen LogP contribution in [0.15, 0.2) is 63.6 Å². The van der Waals surface area contributed by atoms with E-state index in [0.29, 0.717) is 23.4 Å². The molecule has 1 N–H and O–H groups in total. The topological polar surface area (TPSA) is 63.4 Å². The predicted octanol–water partition coefficient (Wildman–Crippen LogP) is 5.93. The summed E-state index contributed by atoms with van der Waals surface area (Å²) in [6.45, 7) is 7.62. The number of nitrogens with one attached hydrogen (secondary N) is 1. The Bertz CT molecular complexity index is 1140. The van der Waals surface area contributed by atoms with Crippen molar-refractivity contribution in [2.24, 2.45) is 0 Å². The first-order chi connectivity index (χ1) is 16.0. The average molecular weight is 481 g/mol. The highest BCUT2D eigenvalue weighted by Gasteiger charge is 2.33. The number of thiocarbonyl (C=S) groups is 1. The molecule has 0 radical (unpaired) electrons. The molecule has 172 valence electrons. The molecule has 1 aromatic heterocycles. The van der Waals surface area contributed by atoms with Crippen LogP contribution in [0.3, 0.4) is 0 Å². The summed E-state index contributed by atoms with van der Waals surface area (Å²) in [4.78, 5) is 8.09. The van der Waals surface area contributed by atoms with E-state index in [0.717, 1.165) is 41.1 Å². The van der Waals surface area contributed by atoms with E-state index < -0.39 is 0 Å². The van der Waals surface area contributed by atoms with Crippen molar-refractivity contribution in [3.63, 3.8) is 0 Å². The lowest BCUT2D eigenvalue weighted by molar-refractivity contribution is 0.340. The van der Waals surface area contributed by atoms with E-state index in [9.17, 15) is 0 Å². The number of hydrogen-bond acceptors (Lipinski definition) is 6. The molecule has 2 heterocycles. The molecular formula is C25H28N4O2S2. The van der Waals surface area contributed by atoms with Gasteiger partial charge in [0, 0.05) is 22.7 Å². The molecule has 0 fully saturated rings. The number of benzene rings is 2. The third kappa shape index (κ3) is 4.91. The van der Waals surface area contributed by atoms with Gasteiger partial charge in [0.05, 0.1) is 18.2 Å². The first kappa shape index (κ1) is 23.3. The van der Waals surface area contributed by atoms with Crippen molar-refractivity contribution in [3.8, 4) is 17.1 Å². The van der Waals surface area contributed by atoms with Crippen molar-refractivity contribution in [1.82, 2.24) is 20.4 Å². The number of rotatable bonds is 8. The summed E-state index contributed by atoms with van der Waals surface area (Å²) in [7, 11) is 0. The molecule has 3 aromatic rings. The Hall–Kier alpha value is -2.84. The zero-order valence-corrected chi connectivity index (χ0v) is 20.9. The van der Waals surface area contributed by atoms with Gasteiger partial charge in [-0.15, -0.1) is 11.8 Å². The van der Waals surface area contributed by atoms with Crippen molar-refractivity contribution in [2.45, 2.75) is 38.1 Å². The fourth-order valence-corrected chi connectivity index (χ4v) is 4.67. The lowest BCUT2D eigenvalue weighted by Crippen LogP contribution is -2.46. The molecule has 1 aliphatic rings. The van der Waals surface area contributed by atoms with E-state index >= 15 is 0 Å². The van der Waals surface area contributed by atoms with Gasteiger partial charge in [-0.1, -0.05) is 24.2 Å². The number of thioether (sulfide) groups is 1. The van der Waals surface area contributed by atoms with E-state index in [1.54, 1.807) is 11.8 Å². The maximum atomic E-state index is 5.80. The number of ether oxygens (including phenoxy) is 1. The van der Waals surface area contributed by atoms with Crippen molar-refractivity contribution >= 4 is 34.7 Å². The molecular weight excluding hydrogens is 452 g/mol. The highest BCUT2D eigenvalue weighted by molar-refractivity contribution is 7.98. The predicted molar refractivity (Wildman–Crippen MR) is 137 cm³/mol. The van der Waals surface area contributed by atoms with E-state index in [1.165, 1.54) is 4.90 Å². The molecule has 8 heteroatoms. The second kappa shape index (κ2) is 10.4. The molecule has 2 aromatic carbocycles. The second-order valence-electron chi connectivity index (χ2n) is 7.69. The fraction of sp³-hybridized carbons (Fsp3) is 0.320. The summed E-state index contributed by atoms with van der Waals surface area (Å²) in [6, 6.07) is 16.0. The van der Waals surface area contributed by atoms with Gasteiger partial charge in [-0.25, -0.2) is 0 Å². The number of allylic oxidation sites excluding steroid dienone is 1. The van der Waals surface area contributed by atoms with Gasteiger partial charge in [0.15, 0.2) is 5.11 Å². The van der Waals surface area contributed by atoms with Gasteiger partial charge >= 0.3 is 0 Å². The van der Waals surface area contributed by atoms with Gasteiger partial charge in [0.1, 0.15) is 5.75 Å². The molecule has 0 amide bonds. The largest absolute Gasteiger partial charge is 0.494 e. The molecule has 0 bridgehead atoms. The van der Waals surface area contributed by atoms with E-state index in [4.69, 9.17) is 26.5 Å².